The maximum absolute atomic E-state index is 13.4. The van der Waals surface area contributed by atoms with Crippen molar-refractivity contribution in [1.82, 2.24) is 4.98 Å². The number of hydrogen-bond acceptors (Lipinski definition) is 7. The third-order valence-electron chi connectivity index (χ3n) is 5.48. The highest BCUT2D eigenvalue weighted by molar-refractivity contribution is 5.94. The van der Waals surface area contributed by atoms with Crippen LogP contribution in [0.3, 0.4) is 0 Å². The standard InChI is InChI=1S/C24H17NO6/c1-29-18-5-3-2-4-14(18)16-12-30-24-21-15(13-6-8-25-9-7-13)10-20(27)31-19(21)11-17(26)22(24)23(16)28/h2-9,11-12,15,26H,10H2,1H3/t15-/m1/s1. The lowest BCUT2D eigenvalue weighted by Gasteiger charge is -2.25. The minimum atomic E-state index is -0.430. The second kappa shape index (κ2) is 7.28. The van der Waals surface area contributed by atoms with Crippen LogP contribution < -0.4 is 14.9 Å². The van der Waals surface area contributed by atoms with Crippen LogP contribution in [0.25, 0.3) is 22.1 Å². The number of phenolic OH excluding ortho intramolecular Hbond substituents is 1. The first kappa shape index (κ1) is 18.9. The number of hydrogen-bond donors (Lipinski definition) is 1. The molecule has 2 aromatic carbocycles. The van der Waals surface area contributed by atoms with E-state index in [1.165, 1.54) is 19.4 Å². The van der Waals surface area contributed by atoms with Gasteiger partial charge in [0.05, 0.1) is 19.1 Å². The summed E-state index contributed by atoms with van der Waals surface area (Å²) in [6.45, 7) is 0. The number of aromatic hydroxyl groups is 1. The Morgan fingerprint density at radius 1 is 1.10 bits per heavy atom. The van der Waals surface area contributed by atoms with Crippen molar-refractivity contribution in [2.75, 3.05) is 7.11 Å². The number of benzene rings is 2. The summed E-state index contributed by atoms with van der Waals surface area (Å²) in [5.41, 5.74) is 1.96. The fourth-order valence-corrected chi connectivity index (χ4v) is 4.07. The van der Waals surface area contributed by atoms with Crippen LogP contribution in [0.1, 0.15) is 23.5 Å². The summed E-state index contributed by atoms with van der Waals surface area (Å²) in [5.74, 6) is -0.461. The molecule has 31 heavy (non-hydrogen) atoms. The number of phenols is 1. The second-order valence-electron chi connectivity index (χ2n) is 7.20. The van der Waals surface area contributed by atoms with E-state index < -0.39 is 17.3 Å². The Morgan fingerprint density at radius 3 is 2.65 bits per heavy atom. The van der Waals surface area contributed by atoms with Crippen molar-refractivity contribution < 1.29 is 23.8 Å². The summed E-state index contributed by atoms with van der Waals surface area (Å²) in [7, 11) is 1.52. The Morgan fingerprint density at radius 2 is 1.87 bits per heavy atom. The van der Waals surface area contributed by atoms with Gasteiger partial charge in [-0.25, -0.2) is 0 Å². The number of nitrogens with zero attached hydrogens (tertiary/aromatic N) is 1. The predicted octanol–water partition coefficient (Wildman–Crippen LogP) is 4.01. The van der Waals surface area contributed by atoms with Gasteiger partial charge in [0, 0.05) is 35.5 Å². The van der Waals surface area contributed by atoms with Crippen molar-refractivity contribution in [1.29, 1.82) is 0 Å². The Hall–Kier alpha value is -4.13. The smallest absolute Gasteiger partial charge is 0.312 e. The van der Waals surface area contributed by atoms with E-state index in [0.717, 1.165) is 5.56 Å². The number of pyridine rings is 1. The van der Waals surface area contributed by atoms with E-state index in [4.69, 9.17) is 13.9 Å². The molecule has 5 rings (SSSR count). The van der Waals surface area contributed by atoms with Crippen molar-refractivity contribution in [3.63, 3.8) is 0 Å². The SMILES string of the molecule is COc1ccccc1-c1coc2c3c(cc(O)c2c1=O)OC(=O)C[C@@H]3c1ccncc1. The van der Waals surface area contributed by atoms with Gasteiger partial charge in [-0.2, -0.15) is 0 Å². The quantitative estimate of drug-likeness (QED) is 0.399. The summed E-state index contributed by atoms with van der Waals surface area (Å²) in [4.78, 5) is 29.7. The second-order valence-corrected chi connectivity index (χ2v) is 7.20. The zero-order valence-corrected chi connectivity index (χ0v) is 16.5. The maximum atomic E-state index is 13.4. The van der Waals surface area contributed by atoms with Crippen LogP contribution in [0.15, 0.2) is 70.3 Å². The zero-order chi connectivity index (χ0) is 21.5. The molecule has 1 aliphatic rings. The lowest BCUT2D eigenvalue weighted by molar-refractivity contribution is -0.135. The van der Waals surface area contributed by atoms with Gasteiger partial charge in [-0.3, -0.25) is 14.6 Å². The Kier molecular flexibility index (Phi) is 4.43. The molecule has 0 spiro atoms. The van der Waals surface area contributed by atoms with E-state index in [0.29, 0.717) is 16.9 Å². The molecule has 0 unspecified atom stereocenters. The van der Waals surface area contributed by atoms with Crippen LogP contribution >= 0.6 is 0 Å². The van der Waals surface area contributed by atoms with Crippen molar-refractivity contribution in [2.45, 2.75) is 12.3 Å². The van der Waals surface area contributed by atoms with Crippen LogP contribution in [0.2, 0.25) is 0 Å². The molecule has 0 aliphatic carbocycles. The molecule has 0 saturated heterocycles. The number of carbonyl (C=O) groups is 1. The third-order valence-corrected chi connectivity index (χ3v) is 5.48. The molecule has 0 fully saturated rings. The molecule has 154 valence electrons. The van der Waals surface area contributed by atoms with Crippen molar-refractivity contribution >= 4 is 16.9 Å². The Labute approximate surface area is 176 Å². The molecular weight excluding hydrogens is 398 g/mol. The first-order valence-corrected chi connectivity index (χ1v) is 9.64. The number of rotatable bonds is 3. The summed E-state index contributed by atoms with van der Waals surface area (Å²) in [5, 5.41) is 10.7. The zero-order valence-electron chi connectivity index (χ0n) is 16.5. The molecule has 7 heteroatoms. The van der Waals surface area contributed by atoms with Gasteiger partial charge in [-0.05, 0) is 23.8 Å². The van der Waals surface area contributed by atoms with Crippen LogP contribution in [0.5, 0.6) is 17.2 Å². The minimum Gasteiger partial charge on any atom is -0.507 e. The topological polar surface area (TPSA) is 98.9 Å². The molecular formula is C24H17NO6. The van der Waals surface area contributed by atoms with Gasteiger partial charge >= 0.3 is 5.97 Å². The molecule has 4 aromatic rings. The van der Waals surface area contributed by atoms with Gasteiger partial charge in [0.25, 0.3) is 0 Å². The molecule has 0 saturated carbocycles. The number of aromatic nitrogens is 1. The summed E-state index contributed by atoms with van der Waals surface area (Å²) in [6, 6.07) is 12.0. The molecule has 0 bridgehead atoms. The maximum Gasteiger partial charge on any atom is 0.312 e. The summed E-state index contributed by atoms with van der Waals surface area (Å²) in [6.07, 6.45) is 4.69. The molecule has 1 N–H and O–H groups in total. The first-order chi connectivity index (χ1) is 15.1. The lowest BCUT2D eigenvalue weighted by Crippen LogP contribution is -2.22. The minimum absolute atomic E-state index is 0.0270. The van der Waals surface area contributed by atoms with E-state index >= 15 is 0 Å². The van der Waals surface area contributed by atoms with Crippen LogP contribution in [-0.2, 0) is 4.79 Å². The molecule has 1 atom stereocenters. The van der Waals surface area contributed by atoms with Crippen molar-refractivity contribution in [3.8, 4) is 28.4 Å². The van der Waals surface area contributed by atoms with Crippen LogP contribution in [0.4, 0.5) is 0 Å². The molecule has 7 nitrogen and oxygen atoms in total. The highest BCUT2D eigenvalue weighted by Crippen LogP contribution is 2.45. The first-order valence-electron chi connectivity index (χ1n) is 9.64. The largest absolute Gasteiger partial charge is 0.507 e. The summed E-state index contributed by atoms with van der Waals surface area (Å²) >= 11 is 0. The predicted molar refractivity (Wildman–Crippen MR) is 112 cm³/mol. The van der Waals surface area contributed by atoms with Crippen LogP contribution in [-0.4, -0.2) is 23.2 Å². The molecule has 1 aliphatic heterocycles. The van der Waals surface area contributed by atoms with Crippen molar-refractivity contribution in [2.24, 2.45) is 0 Å². The Bertz CT molecular complexity index is 1380. The van der Waals surface area contributed by atoms with Gasteiger partial charge < -0.3 is 19.0 Å². The molecule has 2 aromatic heterocycles. The Balaban J connectivity index is 1.80. The fourth-order valence-electron chi connectivity index (χ4n) is 4.07. The van der Waals surface area contributed by atoms with Crippen LogP contribution in [0, 0.1) is 0 Å². The molecule has 3 heterocycles. The van der Waals surface area contributed by atoms with Gasteiger partial charge in [0.1, 0.15) is 34.5 Å². The highest BCUT2D eigenvalue weighted by atomic mass is 16.5. The van der Waals surface area contributed by atoms with Gasteiger partial charge in [-0.1, -0.05) is 18.2 Å². The number of ether oxygens (including phenoxy) is 2. The third kappa shape index (κ3) is 3.02. The average Bonchev–Trinajstić information content (AvgIpc) is 2.79. The number of para-hydroxylation sites is 1. The van der Waals surface area contributed by atoms with E-state index in [1.54, 1.807) is 48.8 Å². The average molecular weight is 415 g/mol. The van der Waals surface area contributed by atoms with Gasteiger partial charge in [-0.15, -0.1) is 0 Å². The molecule has 0 radical (unpaired) electrons. The van der Waals surface area contributed by atoms with Gasteiger partial charge in [0.15, 0.2) is 0 Å². The number of esters is 1. The molecule has 0 amide bonds. The highest BCUT2D eigenvalue weighted by Gasteiger charge is 2.33. The van der Waals surface area contributed by atoms with E-state index in [-0.39, 0.29) is 34.5 Å². The van der Waals surface area contributed by atoms with Crippen molar-refractivity contribution in [3.05, 3.63) is 82.5 Å². The van der Waals surface area contributed by atoms with E-state index in [9.17, 15) is 14.7 Å². The fraction of sp³-hybridized carbons (Fsp3) is 0.125. The van der Waals surface area contributed by atoms with Gasteiger partial charge in [0.2, 0.25) is 5.43 Å². The van der Waals surface area contributed by atoms with E-state index in [2.05, 4.69) is 4.98 Å². The van der Waals surface area contributed by atoms with E-state index in [1.807, 2.05) is 0 Å². The number of fused-ring (bicyclic) bond motifs is 3. The normalized spacial score (nSPS) is 15.4. The number of methoxy groups -OCH3 is 1. The summed E-state index contributed by atoms with van der Waals surface area (Å²) < 4.78 is 16.7. The monoisotopic (exact) mass is 415 g/mol. The number of carbonyl (C=O) groups excluding carboxylic acids is 1. The lowest BCUT2D eigenvalue weighted by atomic mass is 9.85.